The van der Waals surface area contributed by atoms with Crippen LogP contribution in [0, 0.1) is 0 Å². The maximum Gasteiger partial charge on any atom is 1.00 e. The molecule has 0 spiro atoms. The third-order valence-electron chi connectivity index (χ3n) is 0.614. The van der Waals surface area contributed by atoms with E-state index >= 15 is 0 Å². The summed E-state index contributed by atoms with van der Waals surface area (Å²) in [6.45, 7) is 0. The van der Waals surface area contributed by atoms with Gasteiger partial charge in [0.2, 0.25) is 0 Å². The molecule has 0 fully saturated rings. The van der Waals surface area contributed by atoms with Gasteiger partial charge in [0.1, 0.15) is 0 Å². The average Bonchev–Trinajstić information content (AvgIpc) is 1.72. The van der Waals surface area contributed by atoms with Gasteiger partial charge in [0, 0.05) is 5.75 Å². The van der Waals surface area contributed by atoms with Gasteiger partial charge < -0.3 is 0 Å². The fourth-order valence-electron chi connectivity index (χ4n) is 0.346. The van der Waals surface area contributed by atoms with E-state index in [1.807, 2.05) is 17.8 Å². The largest absolute Gasteiger partial charge is 1.00 e. The highest BCUT2D eigenvalue weighted by atomic mass is 32.2. The summed E-state index contributed by atoms with van der Waals surface area (Å²) in [6.07, 6.45) is 6.26. The molecular weight excluding hydrogens is 92.1 g/mol. The predicted molar refractivity (Wildman–Crippen MR) is 31.8 cm³/mol. The molecule has 6 heavy (non-hydrogen) atoms. The summed E-state index contributed by atoms with van der Waals surface area (Å²) in [5, 5.41) is 2.10. The molecular formula is C5H7S+. The molecule has 0 atom stereocenters. The number of rotatable bonds is 0. The van der Waals surface area contributed by atoms with Gasteiger partial charge in [0.05, 0.1) is 0 Å². The number of allylic oxidation sites excluding steroid dienone is 2. The van der Waals surface area contributed by atoms with Gasteiger partial charge in [0.25, 0.3) is 0 Å². The van der Waals surface area contributed by atoms with Crippen molar-refractivity contribution in [1.29, 1.82) is 0 Å². The average molecular weight is 99.2 g/mol. The maximum absolute atomic E-state index is 2.14. The summed E-state index contributed by atoms with van der Waals surface area (Å²) in [5.41, 5.74) is 0. The molecule has 0 bridgehead atoms. The molecule has 1 heteroatoms. The summed E-state index contributed by atoms with van der Waals surface area (Å²) < 4.78 is 0. The van der Waals surface area contributed by atoms with Gasteiger partial charge in [-0.15, -0.1) is 11.8 Å². The maximum atomic E-state index is 2.14. The highest BCUT2D eigenvalue weighted by Crippen LogP contribution is 2.05. The van der Waals surface area contributed by atoms with Crippen molar-refractivity contribution in [3.8, 4) is 0 Å². The summed E-state index contributed by atoms with van der Waals surface area (Å²) in [4.78, 5) is 0. The Morgan fingerprint density at radius 1 is 1.50 bits per heavy atom. The van der Waals surface area contributed by atoms with Gasteiger partial charge >= 0.3 is 1.43 Å². The van der Waals surface area contributed by atoms with Crippen molar-refractivity contribution in [3.63, 3.8) is 0 Å². The van der Waals surface area contributed by atoms with Crippen LogP contribution in [0.3, 0.4) is 0 Å². The first-order valence-corrected chi connectivity index (χ1v) is 2.98. The molecule has 0 unspecified atom stereocenters. The van der Waals surface area contributed by atoms with Crippen molar-refractivity contribution in [2.45, 2.75) is 0 Å². The smallest absolute Gasteiger partial charge is 0.130 e. The molecule has 0 aromatic heterocycles. The van der Waals surface area contributed by atoms with Crippen LogP contribution in [-0.2, 0) is 0 Å². The standard InChI is InChI=1S/C5H6S/c1-2-4-6-5-3-1/h1-4H,5H2/p+1. The fourth-order valence-corrected chi connectivity index (χ4v) is 0.881. The van der Waals surface area contributed by atoms with E-state index in [0.717, 1.165) is 5.75 Å². The molecule has 1 aliphatic heterocycles. The Morgan fingerprint density at radius 2 is 2.50 bits per heavy atom. The molecule has 1 heterocycles. The summed E-state index contributed by atoms with van der Waals surface area (Å²) in [7, 11) is 0. The lowest BCUT2D eigenvalue weighted by Gasteiger charge is -1.88. The minimum atomic E-state index is 0. The fraction of sp³-hybridized carbons (Fsp3) is 0.200. The first-order chi connectivity index (χ1) is 3.00. The Morgan fingerprint density at radius 3 is 2.67 bits per heavy atom. The van der Waals surface area contributed by atoms with Crippen LogP contribution < -0.4 is 0 Å². The normalized spacial score (nSPS) is 18.7. The van der Waals surface area contributed by atoms with Crippen LogP contribution in [0.25, 0.3) is 0 Å². The van der Waals surface area contributed by atoms with E-state index in [2.05, 4.69) is 17.6 Å². The lowest BCUT2D eigenvalue weighted by molar-refractivity contribution is 1.74. The predicted octanol–water partition coefficient (Wildman–Crippen LogP) is 1.92. The Kier molecular flexibility index (Phi) is 1.39. The zero-order valence-electron chi connectivity index (χ0n) is 4.42. The SMILES string of the molecule is C1=CCSC=C1.[H+]. The van der Waals surface area contributed by atoms with Gasteiger partial charge in [0.15, 0.2) is 0 Å². The minimum absolute atomic E-state index is 0. The highest BCUT2D eigenvalue weighted by Gasteiger charge is 1.77. The summed E-state index contributed by atoms with van der Waals surface area (Å²) in [6, 6.07) is 0. The van der Waals surface area contributed by atoms with E-state index in [-0.39, 0.29) is 1.43 Å². The van der Waals surface area contributed by atoms with E-state index in [4.69, 9.17) is 0 Å². The molecule has 0 amide bonds. The van der Waals surface area contributed by atoms with E-state index in [0.29, 0.717) is 0 Å². The van der Waals surface area contributed by atoms with Crippen LogP contribution in [0.1, 0.15) is 1.43 Å². The topological polar surface area (TPSA) is 0 Å². The van der Waals surface area contributed by atoms with Crippen molar-refractivity contribution in [3.05, 3.63) is 23.6 Å². The van der Waals surface area contributed by atoms with Crippen LogP contribution >= 0.6 is 11.8 Å². The third-order valence-corrected chi connectivity index (χ3v) is 1.35. The molecule has 32 valence electrons. The third kappa shape index (κ3) is 0.902. The molecule has 1 rings (SSSR count). The molecule has 0 saturated heterocycles. The van der Waals surface area contributed by atoms with E-state index in [9.17, 15) is 0 Å². The van der Waals surface area contributed by atoms with Crippen LogP contribution in [0.5, 0.6) is 0 Å². The lowest BCUT2D eigenvalue weighted by atomic mass is 10.5. The first-order valence-electron chi connectivity index (χ1n) is 1.93. The monoisotopic (exact) mass is 99.0 g/mol. The van der Waals surface area contributed by atoms with Crippen molar-refractivity contribution >= 4 is 11.8 Å². The van der Waals surface area contributed by atoms with Gasteiger partial charge in [-0.05, 0) is 5.41 Å². The number of hydrogen-bond acceptors (Lipinski definition) is 1. The van der Waals surface area contributed by atoms with Gasteiger partial charge in [-0.25, -0.2) is 0 Å². The van der Waals surface area contributed by atoms with Gasteiger partial charge in [-0.2, -0.15) is 0 Å². The molecule has 0 saturated carbocycles. The molecule has 0 aromatic rings. The van der Waals surface area contributed by atoms with Crippen LogP contribution in [0.4, 0.5) is 0 Å². The molecule has 0 aromatic carbocycles. The lowest BCUT2D eigenvalue weighted by Crippen LogP contribution is -1.67. The first kappa shape index (κ1) is 4.00. The Bertz CT molecular complexity index is 74.1. The zero-order valence-corrected chi connectivity index (χ0v) is 4.24. The van der Waals surface area contributed by atoms with Crippen molar-refractivity contribution in [2.24, 2.45) is 0 Å². The quantitative estimate of drug-likeness (QED) is 0.447. The summed E-state index contributed by atoms with van der Waals surface area (Å²) in [5.74, 6) is 1.15. The van der Waals surface area contributed by atoms with E-state index in [1.165, 1.54) is 0 Å². The minimum Gasteiger partial charge on any atom is -0.130 e. The van der Waals surface area contributed by atoms with Crippen molar-refractivity contribution in [2.75, 3.05) is 5.75 Å². The highest BCUT2D eigenvalue weighted by molar-refractivity contribution is 8.02. The van der Waals surface area contributed by atoms with Crippen LogP contribution in [0.2, 0.25) is 0 Å². The molecule has 1 aliphatic rings. The number of thioether (sulfide) groups is 1. The second-order valence-electron chi connectivity index (χ2n) is 1.09. The Hall–Kier alpha value is -0.170. The van der Waals surface area contributed by atoms with E-state index in [1.54, 1.807) is 0 Å². The Labute approximate surface area is 43.4 Å². The van der Waals surface area contributed by atoms with Crippen LogP contribution in [-0.4, -0.2) is 5.75 Å². The van der Waals surface area contributed by atoms with Crippen LogP contribution in [0.15, 0.2) is 23.6 Å². The Balaban J connectivity index is 0.000000360. The molecule has 0 aliphatic carbocycles. The molecule has 0 radical (unpaired) electrons. The second kappa shape index (κ2) is 2.08. The number of hydrogen-bond donors (Lipinski definition) is 0. The molecule has 0 nitrogen and oxygen atoms in total. The summed E-state index contributed by atoms with van der Waals surface area (Å²) >= 11 is 1.83. The van der Waals surface area contributed by atoms with E-state index < -0.39 is 0 Å². The van der Waals surface area contributed by atoms with Crippen molar-refractivity contribution in [1.82, 2.24) is 0 Å². The van der Waals surface area contributed by atoms with Crippen molar-refractivity contribution < 1.29 is 1.43 Å². The zero-order chi connectivity index (χ0) is 4.24. The van der Waals surface area contributed by atoms with Gasteiger partial charge in [-0.3, -0.25) is 0 Å². The molecule has 0 N–H and O–H groups in total. The van der Waals surface area contributed by atoms with Gasteiger partial charge in [-0.1, -0.05) is 18.2 Å². The second-order valence-corrected chi connectivity index (χ2v) is 2.03.